The quantitative estimate of drug-likeness (QED) is 0.708. The van der Waals surface area contributed by atoms with Crippen molar-refractivity contribution >= 4 is 10.1 Å². The van der Waals surface area contributed by atoms with Crippen LogP contribution in [0.15, 0.2) is 35.2 Å². The Bertz CT molecular complexity index is 391. The van der Waals surface area contributed by atoms with E-state index in [4.69, 9.17) is 14.8 Å². The van der Waals surface area contributed by atoms with Gasteiger partial charge in [0.05, 0.1) is 17.1 Å². The number of hydrogen-bond donors (Lipinski definition) is 3. The zero-order valence-electron chi connectivity index (χ0n) is 9.81. The number of hydrogen-bond acceptors (Lipinski definition) is 4. The van der Waals surface area contributed by atoms with Crippen LogP contribution < -0.4 is 0 Å². The summed E-state index contributed by atoms with van der Waals surface area (Å²) in [5, 5.41) is 17.1. The molecule has 6 heteroatoms. The Morgan fingerprint density at radius 3 is 1.65 bits per heavy atom. The van der Waals surface area contributed by atoms with E-state index in [0.717, 1.165) is 0 Å². The van der Waals surface area contributed by atoms with Gasteiger partial charge in [0.15, 0.2) is 0 Å². The van der Waals surface area contributed by atoms with E-state index in [1.54, 1.807) is 32.0 Å². The summed E-state index contributed by atoms with van der Waals surface area (Å²) in [6, 6.07) is 7.42. The average molecular weight is 262 g/mol. The van der Waals surface area contributed by atoms with E-state index in [1.165, 1.54) is 12.1 Å². The van der Waals surface area contributed by atoms with Gasteiger partial charge < -0.3 is 10.2 Å². The van der Waals surface area contributed by atoms with Crippen LogP contribution in [0, 0.1) is 0 Å². The van der Waals surface area contributed by atoms with E-state index in [1.807, 2.05) is 0 Å². The molecule has 0 aliphatic heterocycles. The molecule has 98 valence electrons. The molecule has 0 radical (unpaired) electrons. The van der Waals surface area contributed by atoms with Gasteiger partial charge in [-0.25, -0.2) is 0 Å². The summed E-state index contributed by atoms with van der Waals surface area (Å²) in [6.45, 7) is 3.32. The molecule has 0 spiro atoms. The fourth-order valence-corrected chi connectivity index (χ4v) is 1.59. The summed E-state index contributed by atoms with van der Waals surface area (Å²) in [4.78, 5) is -0.0741. The Morgan fingerprint density at radius 1 is 1.06 bits per heavy atom. The Hall–Kier alpha value is -0.950. The zero-order chi connectivity index (χ0) is 13.5. The van der Waals surface area contributed by atoms with E-state index in [2.05, 4.69) is 0 Å². The third kappa shape index (κ3) is 8.82. The van der Waals surface area contributed by atoms with E-state index in [-0.39, 0.29) is 17.1 Å². The molecule has 0 saturated heterocycles. The van der Waals surface area contributed by atoms with Crippen molar-refractivity contribution in [1.82, 2.24) is 0 Å². The standard InChI is InChI=1S/C6H6O3S.C5H12O2/c7-10(8,9)6-4-2-1-3-5-6;1-4(6)3-5(2)7/h1-5H,(H,7,8,9);4-7H,3H2,1-2H3. The lowest BCUT2D eigenvalue weighted by Crippen LogP contribution is -2.10. The minimum absolute atomic E-state index is 0.0741. The summed E-state index contributed by atoms with van der Waals surface area (Å²) in [6.07, 6.45) is -0.278. The van der Waals surface area contributed by atoms with Crippen molar-refractivity contribution in [3.05, 3.63) is 30.3 Å². The Balaban J connectivity index is 0.000000325. The highest BCUT2D eigenvalue weighted by Crippen LogP contribution is 2.05. The SMILES string of the molecule is CC(O)CC(C)O.O=S(=O)(O)c1ccccc1. The van der Waals surface area contributed by atoms with Gasteiger partial charge in [-0.05, 0) is 32.4 Å². The van der Waals surface area contributed by atoms with Gasteiger partial charge in [0.2, 0.25) is 0 Å². The third-order valence-electron chi connectivity index (χ3n) is 1.72. The lowest BCUT2D eigenvalue weighted by molar-refractivity contribution is 0.102. The molecule has 0 aliphatic carbocycles. The van der Waals surface area contributed by atoms with Crippen molar-refractivity contribution in [2.75, 3.05) is 0 Å². The fraction of sp³-hybridized carbons (Fsp3) is 0.455. The fourth-order valence-electron chi connectivity index (χ4n) is 1.09. The first kappa shape index (κ1) is 16.1. The van der Waals surface area contributed by atoms with Crippen molar-refractivity contribution in [3.63, 3.8) is 0 Å². The predicted molar refractivity (Wildman–Crippen MR) is 64.2 cm³/mol. The second-order valence-corrected chi connectivity index (χ2v) is 5.14. The molecule has 2 atom stereocenters. The molecule has 3 N–H and O–H groups in total. The van der Waals surface area contributed by atoms with Crippen LogP contribution in [-0.2, 0) is 10.1 Å². The molecule has 0 amide bonds. The first-order valence-electron chi connectivity index (χ1n) is 5.12. The highest BCUT2D eigenvalue weighted by Gasteiger charge is 2.05. The van der Waals surface area contributed by atoms with Crippen LogP contribution in [0.1, 0.15) is 20.3 Å². The maximum atomic E-state index is 10.4. The second kappa shape index (κ2) is 7.39. The highest BCUT2D eigenvalue weighted by molar-refractivity contribution is 7.85. The second-order valence-electron chi connectivity index (χ2n) is 3.72. The topological polar surface area (TPSA) is 94.8 Å². The highest BCUT2D eigenvalue weighted by atomic mass is 32.2. The summed E-state index contributed by atoms with van der Waals surface area (Å²) in [5.74, 6) is 0. The normalized spacial score (nSPS) is 14.4. The Labute approximate surface area is 101 Å². The molecule has 17 heavy (non-hydrogen) atoms. The van der Waals surface area contributed by atoms with Gasteiger partial charge in [-0.2, -0.15) is 8.42 Å². The molecule has 0 saturated carbocycles. The van der Waals surface area contributed by atoms with E-state index in [0.29, 0.717) is 6.42 Å². The molecule has 1 rings (SSSR count). The summed E-state index contributed by atoms with van der Waals surface area (Å²) in [7, 11) is -4.00. The van der Waals surface area contributed by atoms with Crippen molar-refractivity contribution < 1.29 is 23.2 Å². The molecule has 0 aromatic heterocycles. The van der Waals surface area contributed by atoms with Crippen LogP contribution in [0.2, 0.25) is 0 Å². The predicted octanol–water partition coefficient (Wildman–Crippen LogP) is 1.07. The van der Waals surface area contributed by atoms with E-state index in [9.17, 15) is 8.42 Å². The van der Waals surface area contributed by atoms with Crippen molar-refractivity contribution in [3.8, 4) is 0 Å². The molecular formula is C11H18O5S. The average Bonchev–Trinajstić information content (AvgIpc) is 2.16. The van der Waals surface area contributed by atoms with Crippen LogP contribution in [0.5, 0.6) is 0 Å². The minimum atomic E-state index is -4.00. The smallest absolute Gasteiger partial charge is 0.294 e. The largest absolute Gasteiger partial charge is 0.393 e. The minimum Gasteiger partial charge on any atom is -0.393 e. The molecular weight excluding hydrogens is 244 g/mol. The van der Waals surface area contributed by atoms with E-state index >= 15 is 0 Å². The first-order chi connectivity index (χ1) is 7.73. The monoisotopic (exact) mass is 262 g/mol. The first-order valence-corrected chi connectivity index (χ1v) is 6.56. The molecule has 0 aliphatic rings. The molecule has 0 heterocycles. The Kier molecular flexibility index (Phi) is 6.98. The Morgan fingerprint density at radius 2 is 1.47 bits per heavy atom. The molecule has 5 nitrogen and oxygen atoms in total. The van der Waals surface area contributed by atoms with Crippen LogP contribution >= 0.6 is 0 Å². The summed E-state index contributed by atoms with van der Waals surface area (Å²) >= 11 is 0. The zero-order valence-corrected chi connectivity index (χ0v) is 10.6. The van der Waals surface area contributed by atoms with Crippen molar-refractivity contribution in [2.45, 2.75) is 37.4 Å². The van der Waals surface area contributed by atoms with Crippen LogP contribution in [0.25, 0.3) is 0 Å². The van der Waals surface area contributed by atoms with Gasteiger partial charge in [-0.3, -0.25) is 4.55 Å². The van der Waals surface area contributed by atoms with Gasteiger partial charge in [0.1, 0.15) is 0 Å². The van der Waals surface area contributed by atoms with Crippen LogP contribution in [-0.4, -0.2) is 35.4 Å². The molecule has 0 fully saturated rings. The summed E-state index contributed by atoms with van der Waals surface area (Å²) < 4.78 is 29.2. The maximum Gasteiger partial charge on any atom is 0.294 e. The van der Waals surface area contributed by atoms with Gasteiger partial charge in [0.25, 0.3) is 10.1 Å². The molecule has 1 aromatic rings. The number of aliphatic hydroxyl groups excluding tert-OH is 2. The molecule has 1 aromatic carbocycles. The number of rotatable bonds is 3. The van der Waals surface area contributed by atoms with Gasteiger partial charge in [-0.1, -0.05) is 18.2 Å². The third-order valence-corrected chi connectivity index (χ3v) is 2.59. The number of aliphatic hydroxyl groups is 2. The van der Waals surface area contributed by atoms with Gasteiger partial charge >= 0.3 is 0 Å². The van der Waals surface area contributed by atoms with Crippen LogP contribution in [0.3, 0.4) is 0 Å². The number of benzene rings is 1. The van der Waals surface area contributed by atoms with E-state index < -0.39 is 10.1 Å². The van der Waals surface area contributed by atoms with Crippen LogP contribution in [0.4, 0.5) is 0 Å². The molecule has 0 bridgehead atoms. The van der Waals surface area contributed by atoms with Crippen molar-refractivity contribution in [2.24, 2.45) is 0 Å². The van der Waals surface area contributed by atoms with Gasteiger partial charge in [0, 0.05) is 0 Å². The van der Waals surface area contributed by atoms with Crippen molar-refractivity contribution in [1.29, 1.82) is 0 Å². The lowest BCUT2D eigenvalue weighted by atomic mass is 10.2. The van der Waals surface area contributed by atoms with Gasteiger partial charge in [-0.15, -0.1) is 0 Å². The lowest BCUT2D eigenvalue weighted by Gasteiger charge is -2.04. The molecule has 2 unspecified atom stereocenters. The summed E-state index contributed by atoms with van der Waals surface area (Å²) in [5.41, 5.74) is 0. The maximum absolute atomic E-state index is 10.4.